The van der Waals surface area contributed by atoms with E-state index in [4.69, 9.17) is 12.6 Å². The molecular weight excluding hydrogens is 182 g/mol. The molecule has 72 valence electrons. The van der Waals surface area contributed by atoms with Crippen LogP contribution in [0, 0.1) is 6.92 Å². The number of nitrogens with zero attached hydrogens (tertiary/aromatic N) is 3. The standard InChI is InChI=1S/C9H15N3S/c1-7(2)5-6-12-8(3)11(4)10-9(12)13/h5H,6H2,1-4H3. The molecule has 1 aromatic heterocycles. The molecule has 0 bridgehead atoms. The van der Waals surface area contributed by atoms with Crippen LogP contribution in [0.2, 0.25) is 0 Å². The first-order chi connectivity index (χ1) is 6.02. The number of allylic oxidation sites excluding steroid dienone is 2. The lowest BCUT2D eigenvalue weighted by Crippen LogP contribution is -2.37. The van der Waals surface area contributed by atoms with E-state index in [2.05, 4.69) is 25.0 Å². The molecule has 0 radical (unpaired) electrons. The maximum atomic E-state index is 5.11. The van der Waals surface area contributed by atoms with Gasteiger partial charge in [-0.25, -0.2) is 4.57 Å². The lowest BCUT2D eigenvalue weighted by atomic mass is 10.3. The van der Waals surface area contributed by atoms with Crippen LogP contribution in [0.1, 0.15) is 19.7 Å². The molecule has 13 heavy (non-hydrogen) atoms. The predicted octanol–water partition coefficient (Wildman–Crippen LogP) is 0.888. The van der Waals surface area contributed by atoms with Gasteiger partial charge in [-0.2, -0.15) is 0 Å². The Morgan fingerprint density at radius 2 is 2.23 bits per heavy atom. The van der Waals surface area contributed by atoms with Crippen molar-refractivity contribution in [3.8, 4) is 0 Å². The average molecular weight is 197 g/mol. The highest BCUT2D eigenvalue weighted by Crippen LogP contribution is 1.93. The fraction of sp³-hybridized carbons (Fsp3) is 0.556. The van der Waals surface area contributed by atoms with Gasteiger partial charge in [-0.1, -0.05) is 11.6 Å². The average Bonchev–Trinajstić information content (AvgIpc) is 2.24. The zero-order valence-corrected chi connectivity index (χ0v) is 9.35. The summed E-state index contributed by atoms with van der Waals surface area (Å²) in [6.07, 6.45) is 2.14. The molecule has 0 saturated carbocycles. The van der Waals surface area contributed by atoms with Gasteiger partial charge in [0.15, 0.2) is 5.16 Å². The Hall–Kier alpha value is -0.900. The topological polar surface area (TPSA) is 21.7 Å². The van der Waals surface area contributed by atoms with Crippen LogP contribution in [0.3, 0.4) is 0 Å². The maximum Gasteiger partial charge on any atom is 0.231 e. The van der Waals surface area contributed by atoms with Crippen LogP contribution in [-0.2, 0) is 26.2 Å². The van der Waals surface area contributed by atoms with Crippen LogP contribution in [0.4, 0.5) is 0 Å². The largest absolute Gasteiger partial charge is 0.703 e. The normalized spacial score (nSPS) is 10.2. The molecule has 1 aromatic rings. The quantitative estimate of drug-likeness (QED) is 0.399. The summed E-state index contributed by atoms with van der Waals surface area (Å²) >= 11 is 5.11. The van der Waals surface area contributed by atoms with E-state index >= 15 is 0 Å². The molecule has 0 aliphatic rings. The van der Waals surface area contributed by atoms with E-state index in [9.17, 15) is 0 Å². The lowest BCUT2D eigenvalue weighted by Gasteiger charge is -2.00. The van der Waals surface area contributed by atoms with Gasteiger partial charge in [-0.15, -0.1) is 4.68 Å². The van der Waals surface area contributed by atoms with Crippen LogP contribution >= 0.6 is 0 Å². The van der Waals surface area contributed by atoms with Crippen LogP contribution in [-0.4, -0.2) is 9.78 Å². The van der Waals surface area contributed by atoms with Crippen molar-refractivity contribution < 1.29 is 4.57 Å². The molecule has 1 heterocycles. The van der Waals surface area contributed by atoms with Gasteiger partial charge >= 0.3 is 0 Å². The first-order valence-corrected chi connectivity index (χ1v) is 4.67. The van der Waals surface area contributed by atoms with Gasteiger partial charge in [-0.05, 0) is 13.8 Å². The highest BCUT2D eigenvalue weighted by Gasteiger charge is 2.09. The van der Waals surface area contributed by atoms with Crippen molar-refractivity contribution in [2.45, 2.75) is 32.5 Å². The van der Waals surface area contributed by atoms with Crippen molar-refractivity contribution in [3.63, 3.8) is 0 Å². The van der Waals surface area contributed by atoms with Gasteiger partial charge in [0.25, 0.3) is 0 Å². The molecule has 0 fully saturated rings. The zero-order chi connectivity index (χ0) is 10.0. The first-order valence-electron chi connectivity index (χ1n) is 4.26. The summed E-state index contributed by atoms with van der Waals surface area (Å²) < 4.78 is 3.82. The van der Waals surface area contributed by atoms with Gasteiger partial charge in [0.1, 0.15) is 0 Å². The second kappa shape index (κ2) is 3.87. The second-order valence-electron chi connectivity index (χ2n) is 3.35. The molecule has 0 N–H and O–H groups in total. The Morgan fingerprint density at radius 3 is 2.62 bits per heavy atom. The van der Waals surface area contributed by atoms with Crippen molar-refractivity contribution in [1.82, 2.24) is 9.78 Å². The predicted molar refractivity (Wildman–Crippen MR) is 53.2 cm³/mol. The third-order valence-corrected chi connectivity index (χ3v) is 2.31. The van der Waals surface area contributed by atoms with Crippen molar-refractivity contribution in [3.05, 3.63) is 17.5 Å². The van der Waals surface area contributed by atoms with Crippen molar-refractivity contribution >= 4 is 12.6 Å². The fourth-order valence-corrected chi connectivity index (χ4v) is 1.38. The van der Waals surface area contributed by atoms with Gasteiger partial charge in [-0.3, -0.25) is 0 Å². The SMILES string of the molecule is CC(C)=CC[n+]1c([S-])nn(C)c1C. The van der Waals surface area contributed by atoms with Crippen LogP contribution in [0.25, 0.3) is 0 Å². The third kappa shape index (κ3) is 2.28. The smallest absolute Gasteiger partial charge is 0.231 e. The Labute approximate surface area is 84.5 Å². The first kappa shape index (κ1) is 10.2. The number of aromatic nitrogens is 3. The minimum absolute atomic E-state index is 0.650. The molecule has 0 saturated heterocycles. The monoisotopic (exact) mass is 197 g/mol. The van der Waals surface area contributed by atoms with Crippen LogP contribution in [0.15, 0.2) is 16.8 Å². The highest BCUT2D eigenvalue weighted by molar-refractivity contribution is 7.58. The van der Waals surface area contributed by atoms with E-state index in [1.165, 1.54) is 5.57 Å². The summed E-state index contributed by atoms with van der Waals surface area (Å²) in [6.45, 7) is 6.99. The van der Waals surface area contributed by atoms with E-state index in [0.717, 1.165) is 12.4 Å². The minimum Gasteiger partial charge on any atom is -0.703 e. The van der Waals surface area contributed by atoms with Crippen molar-refractivity contribution in [1.29, 1.82) is 0 Å². The molecule has 0 atom stereocenters. The van der Waals surface area contributed by atoms with Crippen LogP contribution in [0.5, 0.6) is 0 Å². The highest BCUT2D eigenvalue weighted by atomic mass is 32.1. The van der Waals surface area contributed by atoms with Gasteiger partial charge < -0.3 is 12.6 Å². The molecule has 3 nitrogen and oxygen atoms in total. The number of hydrogen-bond acceptors (Lipinski definition) is 2. The summed E-state index contributed by atoms with van der Waals surface area (Å²) in [5.74, 6) is 1.09. The van der Waals surface area contributed by atoms with E-state index in [-0.39, 0.29) is 0 Å². The fourth-order valence-electron chi connectivity index (χ4n) is 1.05. The molecule has 0 aromatic carbocycles. The molecule has 1 rings (SSSR count). The number of rotatable bonds is 2. The van der Waals surface area contributed by atoms with Crippen molar-refractivity contribution in [2.75, 3.05) is 0 Å². The van der Waals surface area contributed by atoms with Gasteiger partial charge in [0.2, 0.25) is 5.82 Å². The Bertz CT molecular complexity index is 335. The summed E-state index contributed by atoms with van der Waals surface area (Å²) in [6, 6.07) is 0. The van der Waals surface area contributed by atoms with E-state index in [1.54, 1.807) is 4.68 Å². The number of aryl methyl sites for hydroxylation is 1. The Morgan fingerprint density at radius 1 is 1.62 bits per heavy atom. The van der Waals surface area contributed by atoms with Crippen molar-refractivity contribution in [2.24, 2.45) is 7.05 Å². The van der Waals surface area contributed by atoms with E-state index in [0.29, 0.717) is 5.16 Å². The van der Waals surface area contributed by atoms with Crippen LogP contribution < -0.4 is 4.57 Å². The van der Waals surface area contributed by atoms with E-state index in [1.807, 2.05) is 18.5 Å². The Kier molecular flexibility index (Phi) is 3.03. The van der Waals surface area contributed by atoms with Gasteiger partial charge in [0.05, 0.1) is 13.6 Å². The molecule has 0 aliphatic carbocycles. The summed E-state index contributed by atoms with van der Waals surface area (Å²) in [4.78, 5) is 0. The van der Waals surface area contributed by atoms with E-state index < -0.39 is 0 Å². The molecule has 4 heteroatoms. The molecule has 0 spiro atoms. The third-order valence-electron chi connectivity index (χ3n) is 2.01. The Balaban J connectivity index is 2.94. The molecular formula is C9H15N3S. The number of hydrogen-bond donors (Lipinski definition) is 0. The summed E-state index contributed by atoms with van der Waals surface area (Å²) in [5, 5.41) is 4.80. The maximum absolute atomic E-state index is 5.11. The molecule has 0 aliphatic heterocycles. The summed E-state index contributed by atoms with van der Waals surface area (Å²) in [5.41, 5.74) is 1.30. The molecule has 0 unspecified atom stereocenters. The molecule has 0 amide bonds. The zero-order valence-electron chi connectivity index (χ0n) is 8.53. The second-order valence-corrected chi connectivity index (χ2v) is 3.71. The van der Waals surface area contributed by atoms with Gasteiger partial charge in [0, 0.05) is 12.0 Å². The minimum atomic E-state index is 0.650. The summed E-state index contributed by atoms with van der Waals surface area (Å²) in [7, 11) is 1.91. The lowest BCUT2D eigenvalue weighted by molar-refractivity contribution is -0.729.